The maximum absolute atomic E-state index is 6.08. The first kappa shape index (κ1) is 46.6. The van der Waals surface area contributed by atoms with Crippen LogP contribution in [0.4, 0.5) is 0 Å². The summed E-state index contributed by atoms with van der Waals surface area (Å²) in [7, 11) is 0. The summed E-state index contributed by atoms with van der Waals surface area (Å²) in [5.74, 6) is 0. The Morgan fingerprint density at radius 1 is 0.250 bits per heavy atom. The van der Waals surface area contributed by atoms with Gasteiger partial charge in [0.25, 0.3) is 0 Å². The van der Waals surface area contributed by atoms with Gasteiger partial charge in [0, 0.05) is 38.8 Å². The van der Waals surface area contributed by atoms with Crippen LogP contribution < -0.4 is 0 Å². The van der Waals surface area contributed by atoms with Gasteiger partial charge in [-0.2, -0.15) is 0 Å². The zero-order valence-electron chi connectivity index (χ0n) is 47.3. The van der Waals surface area contributed by atoms with Crippen molar-refractivity contribution in [1.29, 1.82) is 0 Å². The second kappa shape index (κ2) is 17.0. The van der Waals surface area contributed by atoms with Gasteiger partial charge in [-0.05, 0) is 200 Å². The van der Waals surface area contributed by atoms with Crippen LogP contribution in [0.15, 0.2) is 249 Å². The van der Waals surface area contributed by atoms with Gasteiger partial charge in [-0.25, -0.2) is 9.97 Å². The molecule has 8 bridgehead atoms. The summed E-state index contributed by atoms with van der Waals surface area (Å²) < 4.78 is 0. The van der Waals surface area contributed by atoms with Crippen LogP contribution in [-0.4, -0.2) is 19.9 Å². The van der Waals surface area contributed by atoms with Crippen LogP contribution in [0.2, 0.25) is 0 Å². The van der Waals surface area contributed by atoms with E-state index in [1.807, 2.05) is 0 Å². The molecule has 21 rings (SSSR count). The van der Waals surface area contributed by atoms with Crippen molar-refractivity contribution in [3.63, 3.8) is 0 Å². The molecular weight excluding hydrogens is 1060 g/mol. The van der Waals surface area contributed by atoms with Crippen LogP contribution in [0.3, 0.4) is 0 Å². The van der Waals surface area contributed by atoms with Crippen molar-refractivity contribution in [2.24, 2.45) is 0 Å². The highest BCUT2D eigenvalue weighted by molar-refractivity contribution is 6.33. The fourth-order valence-electron chi connectivity index (χ4n) is 16.1. The molecule has 0 radical (unpaired) electrons. The van der Waals surface area contributed by atoms with E-state index >= 15 is 0 Å². The first-order valence-corrected chi connectivity index (χ1v) is 30.4. The topological polar surface area (TPSA) is 57.4 Å². The van der Waals surface area contributed by atoms with Gasteiger partial charge in [0.1, 0.15) is 0 Å². The summed E-state index contributed by atoms with van der Waals surface area (Å²) in [5, 5.41) is 29.6. The van der Waals surface area contributed by atoms with Crippen LogP contribution in [0.1, 0.15) is 28.3 Å². The van der Waals surface area contributed by atoms with Crippen molar-refractivity contribution in [2.75, 3.05) is 0 Å². The van der Waals surface area contributed by atoms with Crippen molar-refractivity contribution in [3.8, 4) is 33.4 Å². The number of aromatic nitrogens is 4. The van der Waals surface area contributed by atoms with Crippen LogP contribution in [0.25, 0.3) is 209 Å². The largest absolute Gasteiger partial charge is 0.355 e. The van der Waals surface area contributed by atoms with Gasteiger partial charge in [0.2, 0.25) is 0 Å². The number of benzene rings is 16. The van der Waals surface area contributed by atoms with Gasteiger partial charge < -0.3 is 9.97 Å². The molecule has 88 heavy (non-hydrogen) atoms. The summed E-state index contributed by atoms with van der Waals surface area (Å²) in [6, 6.07) is 93.7. The van der Waals surface area contributed by atoms with E-state index < -0.39 is 0 Å². The number of nitrogens with one attached hydrogen (secondary N) is 2. The summed E-state index contributed by atoms with van der Waals surface area (Å²) >= 11 is 0. The van der Waals surface area contributed by atoms with Crippen molar-refractivity contribution in [3.05, 3.63) is 277 Å². The van der Waals surface area contributed by atoms with E-state index in [0.717, 1.165) is 89.4 Å². The molecule has 3 aromatic heterocycles. The van der Waals surface area contributed by atoms with Crippen LogP contribution >= 0.6 is 0 Å². The highest BCUT2D eigenvalue weighted by atomic mass is 14.8. The number of nitrogens with zero attached hydrogens (tertiary/aromatic N) is 2. The molecule has 19 aromatic rings. The van der Waals surface area contributed by atoms with Crippen molar-refractivity contribution in [1.82, 2.24) is 19.9 Å². The van der Waals surface area contributed by atoms with E-state index in [-0.39, 0.29) is 0 Å². The molecular formula is C84H46N4. The molecule has 0 aliphatic carbocycles. The number of rotatable bonds is 4. The summed E-state index contributed by atoms with van der Waals surface area (Å²) in [6.45, 7) is 0. The summed E-state index contributed by atoms with van der Waals surface area (Å²) in [4.78, 5) is 19.6. The number of aromatic amines is 2. The Labute approximate surface area is 502 Å². The SMILES string of the molecule is C1=Cc2cc3[nH]c(c(-c4ccc5ccc6cccc7ccc4c5c67)c4nc(cc5ccc(cc1n2)[nH]5)C=C4c1ccc2ccc4cccc5ccc1c2c45)c(-c1ccc2ccc4cccc5ccc1c2c45)c3-c1ccc2ccc3cccc4ccc1c2c34. The van der Waals surface area contributed by atoms with Crippen LogP contribution in [-0.2, 0) is 0 Å². The Hall–Kier alpha value is -11.7. The first-order chi connectivity index (χ1) is 43.6. The second-order valence-corrected chi connectivity index (χ2v) is 24.5. The highest BCUT2D eigenvalue weighted by Crippen LogP contribution is 2.53. The van der Waals surface area contributed by atoms with Gasteiger partial charge in [0.15, 0.2) is 0 Å². The molecule has 0 spiro atoms. The quantitative estimate of drug-likeness (QED) is 0.173. The fraction of sp³-hybridized carbons (Fsp3) is 0. The maximum atomic E-state index is 6.08. The molecule has 2 aliphatic rings. The molecule has 0 fully saturated rings. The lowest BCUT2D eigenvalue weighted by Gasteiger charge is -2.19. The monoisotopic (exact) mass is 1110 g/mol. The highest BCUT2D eigenvalue weighted by Gasteiger charge is 2.30. The van der Waals surface area contributed by atoms with E-state index in [2.05, 4.69) is 277 Å². The zero-order chi connectivity index (χ0) is 57.0. The Morgan fingerprint density at radius 3 is 1.03 bits per heavy atom. The third-order valence-corrected chi connectivity index (χ3v) is 19.8. The molecule has 16 aromatic carbocycles. The predicted octanol–water partition coefficient (Wildman–Crippen LogP) is 22.7. The molecule has 2 aliphatic heterocycles. The number of fused-ring (bicyclic) bond motifs is 8. The Bertz CT molecular complexity index is 6480. The van der Waals surface area contributed by atoms with Crippen LogP contribution in [0, 0.1) is 0 Å². The molecule has 0 unspecified atom stereocenters. The molecule has 2 N–H and O–H groups in total. The molecule has 4 heteroatoms. The third kappa shape index (κ3) is 6.37. The standard InChI is InChI=1S/C84H46N4/c1-5-45-13-17-53-21-33-62(63-34-22-49(9-1)72(45)76(53)63)70-43-61-42-59-30-29-57(85-59)41-58-31-32-60(86-58)44-71-80(67-38-26-54-18-14-46-6-2-10-50-23-35-64(67)77(54)73(46)50)81(68-39-27-55-19-15-47-7-3-11-51-24-36-65(68)78(55)74(47)51)84(88-71)82(83(70)87-61)69-40-28-56-20-16-48-8-4-12-52-25-37-66(69)79(56)75(48)52/h1-44,85,88H. The average Bonchev–Trinajstić information content (AvgIpc) is 1.72. The summed E-state index contributed by atoms with van der Waals surface area (Å²) in [5.41, 5.74) is 16.1. The molecule has 402 valence electrons. The minimum atomic E-state index is 0.856. The van der Waals surface area contributed by atoms with Gasteiger partial charge in [-0.15, -0.1) is 0 Å². The van der Waals surface area contributed by atoms with Gasteiger partial charge in [0.05, 0.1) is 28.3 Å². The second-order valence-electron chi connectivity index (χ2n) is 24.5. The van der Waals surface area contributed by atoms with E-state index in [4.69, 9.17) is 9.97 Å². The molecule has 0 saturated heterocycles. The van der Waals surface area contributed by atoms with Crippen LogP contribution in [0.5, 0.6) is 0 Å². The van der Waals surface area contributed by atoms with E-state index in [1.54, 1.807) is 0 Å². The molecule has 4 nitrogen and oxygen atoms in total. The molecule has 0 atom stereocenters. The van der Waals surface area contributed by atoms with E-state index in [9.17, 15) is 0 Å². The minimum Gasteiger partial charge on any atom is -0.355 e. The number of H-pyrrole nitrogens is 2. The Balaban J connectivity index is 1.02. The molecule has 0 amide bonds. The first-order valence-electron chi connectivity index (χ1n) is 30.4. The van der Waals surface area contributed by atoms with E-state index in [0.29, 0.717) is 0 Å². The lowest BCUT2D eigenvalue weighted by atomic mass is 9.83. The number of hydrogen-bond donors (Lipinski definition) is 2. The fourth-order valence-corrected chi connectivity index (χ4v) is 16.1. The minimum absolute atomic E-state index is 0.856. The van der Waals surface area contributed by atoms with Gasteiger partial charge in [-0.3, -0.25) is 0 Å². The van der Waals surface area contributed by atoms with Crippen molar-refractivity contribution >= 4 is 175 Å². The smallest absolute Gasteiger partial charge is 0.0815 e. The van der Waals surface area contributed by atoms with Gasteiger partial charge >= 0.3 is 0 Å². The van der Waals surface area contributed by atoms with Gasteiger partial charge in [-0.1, -0.05) is 218 Å². The average molecular weight is 1110 g/mol. The third-order valence-electron chi connectivity index (χ3n) is 19.8. The lowest BCUT2D eigenvalue weighted by molar-refractivity contribution is 1.31. The maximum Gasteiger partial charge on any atom is 0.0815 e. The van der Waals surface area contributed by atoms with E-state index in [1.165, 1.54) is 129 Å². The Morgan fingerprint density at radius 2 is 0.591 bits per heavy atom. The summed E-state index contributed by atoms with van der Waals surface area (Å²) in [6.07, 6.45) is 6.63. The molecule has 0 saturated carbocycles. The molecule has 5 heterocycles. The predicted molar refractivity (Wildman–Crippen MR) is 374 cm³/mol. The normalized spacial score (nSPS) is 13.0. The van der Waals surface area contributed by atoms with Crippen molar-refractivity contribution in [2.45, 2.75) is 0 Å². The van der Waals surface area contributed by atoms with Crippen molar-refractivity contribution < 1.29 is 0 Å². The Kier molecular flexibility index (Phi) is 9.01. The number of hydrogen-bond acceptors (Lipinski definition) is 2. The zero-order valence-corrected chi connectivity index (χ0v) is 47.3. The lowest BCUT2D eigenvalue weighted by Crippen LogP contribution is -1.96.